The third-order valence-corrected chi connectivity index (χ3v) is 2.07. The molecule has 1 unspecified atom stereocenters. The van der Waals surface area contributed by atoms with Gasteiger partial charge in [0, 0.05) is 6.04 Å². The molecule has 9 heavy (non-hydrogen) atoms. The predicted molar refractivity (Wildman–Crippen MR) is 40.1 cm³/mol. The molecule has 0 fully saturated rings. The molecule has 0 saturated carbocycles. The highest BCUT2D eigenvalue weighted by atomic mass is 14.6. The number of nitrogens with two attached hydrogens (primary N) is 1. The van der Waals surface area contributed by atoms with Gasteiger partial charge < -0.3 is 5.73 Å². The molecule has 0 amide bonds. The van der Waals surface area contributed by atoms with Crippen LogP contribution in [-0.2, 0) is 0 Å². The van der Waals surface area contributed by atoms with Crippen LogP contribution in [0.3, 0.4) is 0 Å². The Morgan fingerprint density at radius 2 is 2.22 bits per heavy atom. The summed E-state index contributed by atoms with van der Waals surface area (Å²) in [7, 11) is 0. The van der Waals surface area contributed by atoms with Gasteiger partial charge in [0.05, 0.1) is 0 Å². The molecule has 1 aliphatic rings. The minimum atomic E-state index is 0.431. The van der Waals surface area contributed by atoms with Gasteiger partial charge in [0.25, 0.3) is 0 Å². The molecule has 0 aromatic heterocycles. The second-order valence-electron chi connectivity index (χ2n) is 2.93. The zero-order valence-electron chi connectivity index (χ0n) is 6.01. The number of allylic oxidation sites excluding steroid dienone is 2. The van der Waals surface area contributed by atoms with Gasteiger partial charge in [-0.25, -0.2) is 0 Å². The predicted octanol–water partition coefficient (Wildman–Crippen LogP) is 1.69. The minimum Gasteiger partial charge on any atom is -0.327 e. The molecule has 0 aromatic rings. The summed E-state index contributed by atoms with van der Waals surface area (Å²) >= 11 is 0. The standard InChI is InChI=1S/C8H15N/c1-7-5-3-2-4-6-8(7)9/h2-3,7-8H,4-6,9H2,1H3/t7-,8?/m0/s1. The topological polar surface area (TPSA) is 26.0 Å². The van der Waals surface area contributed by atoms with Crippen LogP contribution in [0.5, 0.6) is 0 Å². The van der Waals surface area contributed by atoms with Crippen molar-refractivity contribution in [3.63, 3.8) is 0 Å². The van der Waals surface area contributed by atoms with E-state index in [0.717, 1.165) is 6.42 Å². The fourth-order valence-corrected chi connectivity index (χ4v) is 1.18. The van der Waals surface area contributed by atoms with Crippen LogP contribution in [0.15, 0.2) is 12.2 Å². The highest BCUT2D eigenvalue weighted by molar-refractivity contribution is 4.90. The molecule has 0 spiro atoms. The Balaban J connectivity index is 2.42. The molecule has 2 atom stereocenters. The smallest absolute Gasteiger partial charge is 0.00704 e. The molecule has 0 heterocycles. The van der Waals surface area contributed by atoms with Crippen LogP contribution in [0.25, 0.3) is 0 Å². The average molecular weight is 125 g/mol. The largest absolute Gasteiger partial charge is 0.327 e. The van der Waals surface area contributed by atoms with E-state index in [1.165, 1.54) is 12.8 Å². The van der Waals surface area contributed by atoms with E-state index in [9.17, 15) is 0 Å². The highest BCUT2D eigenvalue weighted by Crippen LogP contribution is 2.15. The van der Waals surface area contributed by atoms with E-state index in [4.69, 9.17) is 5.73 Å². The number of hydrogen-bond donors (Lipinski definition) is 1. The maximum atomic E-state index is 5.84. The molecule has 52 valence electrons. The minimum absolute atomic E-state index is 0.431. The number of rotatable bonds is 0. The van der Waals surface area contributed by atoms with E-state index in [0.29, 0.717) is 12.0 Å². The maximum Gasteiger partial charge on any atom is 0.00704 e. The molecule has 1 heteroatoms. The van der Waals surface area contributed by atoms with E-state index in [1.807, 2.05) is 0 Å². The molecular weight excluding hydrogens is 110 g/mol. The first-order valence-corrected chi connectivity index (χ1v) is 3.71. The van der Waals surface area contributed by atoms with E-state index < -0.39 is 0 Å². The normalized spacial score (nSPS) is 36.2. The molecule has 0 saturated heterocycles. The first-order valence-electron chi connectivity index (χ1n) is 3.71. The third kappa shape index (κ3) is 1.83. The van der Waals surface area contributed by atoms with Crippen molar-refractivity contribution in [3.8, 4) is 0 Å². The number of hydrogen-bond acceptors (Lipinski definition) is 1. The van der Waals surface area contributed by atoms with Crippen molar-refractivity contribution in [2.24, 2.45) is 11.7 Å². The van der Waals surface area contributed by atoms with E-state index in [2.05, 4.69) is 19.1 Å². The van der Waals surface area contributed by atoms with Crippen LogP contribution in [0, 0.1) is 5.92 Å². The van der Waals surface area contributed by atoms with Crippen molar-refractivity contribution in [2.75, 3.05) is 0 Å². The average Bonchev–Trinajstić information content (AvgIpc) is 1.99. The van der Waals surface area contributed by atoms with Gasteiger partial charge in [-0.05, 0) is 25.2 Å². The van der Waals surface area contributed by atoms with Crippen molar-refractivity contribution < 1.29 is 0 Å². The first-order chi connectivity index (χ1) is 4.30. The van der Waals surface area contributed by atoms with E-state index in [1.54, 1.807) is 0 Å². The lowest BCUT2D eigenvalue weighted by atomic mass is 9.98. The molecule has 0 radical (unpaired) electrons. The van der Waals surface area contributed by atoms with Crippen molar-refractivity contribution in [1.82, 2.24) is 0 Å². The van der Waals surface area contributed by atoms with Gasteiger partial charge >= 0.3 is 0 Å². The third-order valence-electron chi connectivity index (χ3n) is 2.07. The molecule has 2 N–H and O–H groups in total. The molecule has 0 bridgehead atoms. The van der Waals surface area contributed by atoms with Crippen LogP contribution in [0.1, 0.15) is 26.2 Å². The van der Waals surface area contributed by atoms with Crippen LogP contribution in [0.2, 0.25) is 0 Å². The SMILES string of the molecule is C[C@H]1CC=CCCC1N. The van der Waals surface area contributed by atoms with Gasteiger partial charge in [0.15, 0.2) is 0 Å². The van der Waals surface area contributed by atoms with E-state index in [-0.39, 0.29) is 0 Å². The Morgan fingerprint density at radius 3 is 3.00 bits per heavy atom. The summed E-state index contributed by atoms with van der Waals surface area (Å²) < 4.78 is 0. The van der Waals surface area contributed by atoms with Crippen molar-refractivity contribution >= 4 is 0 Å². The van der Waals surface area contributed by atoms with Crippen molar-refractivity contribution in [1.29, 1.82) is 0 Å². The monoisotopic (exact) mass is 125 g/mol. The van der Waals surface area contributed by atoms with Gasteiger partial charge in [-0.15, -0.1) is 0 Å². The second-order valence-corrected chi connectivity index (χ2v) is 2.93. The molecule has 1 aliphatic carbocycles. The maximum absolute atomic E-state index is 5.84. The Hall–Kier alpha value is -0.300. The van der Waals surface area contributed by atoms with Gasteiger partial charge in [0.2, 0.25) is 0 Å². The lowest BCUT2D eigenvalue weighted by Crippen LogP contribution is -2.26. The molecular formula is C8H15N. The summed E-state index contributed by atoms with van der Waals surface area (Å²) in [6, 6.07) is 0.431. The summed E-state index contributed by atoms with van der Waals surface area (Å²) in [4.78, 5) is 0. The van der Waals surface area contributed by atoms with Crippen LogP contribution in [-0.4, -0.2) is 6.04 Å². The molecule has 1 nitrogen and oxygen atoms in total. The Labute approximate surface area is 56.9 Å². The zero-order chi connectivity index (χ0) is 6.69. The molecule has 0 aliphatic heterocycles. The fraction of sp³-hybridized carbons (Fsp3) is 0.750. The highest BCUT2D eigenvalue weighted by Gasteiger charge is 2.11. The van der Waals surface area contributed by atoms with Crippen molar-refractivity contribution in [2.45, 2.75) is 32.2 Å². The summed E-state index contributed by atoms with van der Waals surface area (Å²) in [5.41, 5.74) is 5.84. The Kier molecular flexibility index (Phi) is 2.29. The van der Waals surface area contributed by atoms with Crippen LogP contribution in [0.4, 0.5) is 0 Å². The van der Waals surface area contributed by atoms with E-state index >= 15 is 0 Å². The summed E-state index contributed by atoms with van der Waals surface area (Å²) in [6.45, 7) is 2.22. The Bertz CT molecular complexity index is 107. The summed E-state index contributed by atoms with van der Waals surface area (Å²) in [5, 5.41) is 0. The fourth-order valence-electron chi connectivity index (χ4n) is 1.18. The lowest BCUT2D eigenvalue weighted by Gasteiger charge is -2.14. The first kappa shape index (κ1) is 6.81. The zero-order valence-corrected chi connectivity index (χ0v) is 6.01. The Morgan fingerprint density at radius 1 is 1.44 bits per heavy atom. The molecule has 0 aromatic carbocycles. The lowest BCUT2D eigenvalue weighted by molar-refractivity contribution is 0.448. The van der Waals surface area contributed by atoms with Gasteiger partial charge in [-0.3, -0.25) is 0 Å². The quantitative estimate of drug-likeness (QED) is 0.490. The van der Waals surface area contributed by atoms with Crippen molar-refractivity contribution in [3.05, 3.63) is 12.2 Å². The second kappa shape index (κ2) is 3.02. The summed E-state index contributed by atoms with van der Waals surface area (Å²) in [5.74, 6) is 0.684. The molecule has 1 rings (SSSR count). The van der Waals surface area contributed by atoms with Gasteiger partial charge in [-0.2, -0.15) is 0 Å². The van der Waals surface area contributed by atoms with Gasteiger partial charge in [-0.1, -0.05) is 19.1 Å². The van der Waals surface area contributed by atoms with Crippen LogP contribution >= 0.6 is 0 Å². The summed E-state index contributed by atoms with van der Waals surface area (Å²) in [6.07, 6.45) is 7.99. The van der Waals surface area contributed by atoms with Crippen LogP contribution < -0.4 is 5.73 Å². The van der Waals surface area contributed by atoms with Gasteiger partial charge in [0.1, 0.15) is 0 Å².